The Balaban J connectivity index is 1.85. The van der Waals surface area contributed by atoms with Crippen LogP contribution in [0.5, 0.6) is 11.5 Å². The van der Waals surface area contributed by atoms with Crippen molar-refractivity contribution in [1.82, 2.24) is 4.90 Å². The lowest BCUT2D eigenvalue weighted by atomic mass is 10.1. The summed E-state index contributed by atoms with van der Waals surface area (Å²) in [5, 5.41) is 0.890. The second kappa shape index (κ2) is 11.8. The molecule has 0 unspecified atom stereocenters. The molecule has 1 saturated heterocycles. The van der Waals surface area contributed by atoms with E-state index in [1.807, 2.05) is 6.92 Å². The van der Waals surface area contributed by atoms with Gasteiger partial charge >= 0.3 is 5.97 Å². The lowest BCUT2D eigenvalue weighted by molar-refractivity contribution is -0.121. The number of likely N-dealkylation sites (N-methyl/N-ethyl adjacent to an activating group) is 1. The third kappa shape index (κ3) is 6.01. The van der Waals surface area contributed by atoms with Crippen LogP contribution in [0.4, 0.5) is 5.69 Å². The van der Waals surface area contributed by atoms with Crippen molar-refractivity contribution in [3.05, 3.63) is 70.1 Å². The van der Waals surface area contributed by atoms with Crippen molar-refractivity contribution in [2.24, 2.45) is 4.99 Å². The number of amides is 1. The van der Waals surface area contributed by atoms with E-state index in [2.05, 4.69) is 11.6 Å². The van der Waals surface area contributed by atoms with Gasteiger partial charge in [-0.25, -0.2) is 9.79 Å². The highest BCUT2D eigenvalue weighted by Crippen LogP contribution is 2.39. The molecular formula is C25H25ClN2O5S. The zero-order valence-corrected chi connectivity index (χ0v) is 20.7. The van der Waals surface area contributed by atoms with Crippen molar-refractivity contribution in [3.8, 4) is 11.5 Å². The number of halogens is 1. The number of benzene rings is 2. The number of rotatable bonds is 9. The molecule has 1 fully saturated rings. The molecule has 7 nitrogen and oxygen atoms in total. The van der Waals surface area contributed by atoms with Gasteiger partial charge in [0.25, 0.3) is 5.91 Å². The van der Waals surface area contributed by atoms with Crippen LogP contribution in [0.3, 0.4) is 0 Å². The number of hydrogen-bond donors (Lipinski definition) is 0. The fraction of sp³-hybridized carbons (Fsp3) is 0.240. The summed E-state index contributed by atoms with van der Waals surface area (Å²) in [6, 6.07) is 10.2. The molecule has 1 amide bonds. The van der Waals surface area contributed by atoms with Crippen LogP contribution in [0.25, 0.3) is 6.08 Å². The molecule has 0 saturated carbocycles. The standard InChI is InChI=1S/C25H25ClN2O5S/c1-5-12-33-22-19(26)13-16(14-20(22)31-6-2)15-21-23(29)28(4)25(34-21)27-18-10-8-17(9-11-18)24(30)32-7-3/h5,8-11,13-15H,1,6-7,12H2,2-4H3. The van der Waals surface area contributed by atoms with Crippen LogP contribution in [-0.2, 0) is 9.53 Å². The molecule has 34 heavy (non-hydrogen) atoms. The monoisotopic (exact) mass is 500 g/mol. The number of aliphatic imine (C=N–C) groups is 1. The summed E-state index contributed by atoms with van der Waals surface area (Å²) in [4.78, 5) is 31.2. The summed E-state index contributed by atoms with van der Waals surface area (Å²) in [6.07, 6.45) is 3.36. The normalized spacial score (nSPS) is 15.6. The maximum atomic E-state index is 12.8. The van der Waals surface area contributed by atoms with Crippen LogP contribution >= 0.6 is 23.4 Å². The van der Waals surface area contributed by atoms with E-state index in [0.717, 1.165) is 0 Å². The predicted molar refractivity (Wildman–Crippen MR) is 136 cm³/mol. The topological polar surface area (TPSA) is 77.4 Å². The molecule has 9 heteroatoms. The second-order valence-electron chi connectivity index (χ2n) is 7.00. The van der Waals surface area contributed by atoms with Gasteiger partial charge in [-0.3, -0.25) is 9.69 Å². The maximum absolute atomic E-state index is 12.8. The summed E-state index contributed by atoms with van der Waals surface area (Å²) in [7, 11) is 1.66. The number of nitrogens with zero attached hydrogens (tertiary/aromatic N) is 2. The molecule has 0 aromatic heterocycles. The van der Waals surface area contributed by atoms with E-state index < -0.39 is 0 Å². The molecular weight excluding hydrogens is 476 g/mol. The van der Waals surface area contributed by atoms with Gasteiger partial charge in [-0.15, -0.1) is 0 Å². The minimum absolute atomic E-state index is 0.187. The quantitative estimate of drug-likeness (QED) is 0.249. The number of thioether (sulfide) groups is 1. The van der Waals surface area contributed by atoms with E-state index in [1.165, 1.54) is 16.7 Å². The Morgan fingerprint density at radius 2 is 1.91 bits per heavy atom. The number of esters is 1. The van der Waals surface area contributed by atoms with Crippen LogP contribution in [0.2, 0.25) is 5.02 Å². The van der Waals surface area contributed by atoms with Gasteiger partial charge in [-0.2, -0.15) is 0 Å². The van der Waals surface area contributed by atoms with Crippen LogP contribution in [-0.4, -0.2) is 48.8 Å². The number of hydrogen-bond acceptors (Lipinski definition) is 7. The Bertz CT molecular complexity index is 1140. The van der Waals surface area contributed by atoms with Crippen molar-refractivity contribution in [1.29, 1.82) is 0 Å². The Morgan fingerprint density at radius 3 is 2.56 bits per heavy atom. The van der Waals surface area contributed by atoms with Crippen molar-refractivity contribution in [2.45, 2.75) is 13.8 Å². The lowest BCUT2D eigenvalue weighted by Crippen LogP contribution is -2.23. The second-order valence-corrected chi connectivity index (χ2v) is 8.42. The van der Waals surface area contributed by atoms with Gasteiger partial charge in [0.1, 0.15) is 6.61 Å². The summed E-state index contributed by atoms with van der Waals surface area (Å²) >= 11 is 7.67. The van der Waals surface area contributed by atoms with Gasteiger partial charge in [-0.05, 0) is 73.6 Å². The van der Waals surface area contributed by atoms with Crippen molar-refractivity contribution < 1.29 is 23.8 Å². The van der Waals surface area contributed by atoms with Gasteiger partial charge in [0.05, 0.1) is 34.4 Å². The number of amidine groups is 1. The van der Waals surface area contributed by atoms with Crippen LogP contribution in [0, 0.1) is 0 Å². The molecule has 1 aliphatic rings. The first-order valence-electron chi connectivity index (χ1n) is 10.6. The number of carbonyl (C=O) groups is 2. The zero-order chi connectivity index (χ0) is 24.7. The molecule has 0 radical (unpaired) electrons. The maximum Gasteiger partial charge on any atom is 0.338 e. The lowest BCUT2D eigenvalue weighted by Gasteiger charge is -2.13. The van der Waals surface area contributed by atoms with Gasteiger partial charge < -0.3 is 14.2 Å². The summed E-state index contributed by atoms with van der Waals surface area (Å²) in [5.41, 5.74) is 1.75. The van der Waals surface area contributed by atoms with Gasteiger partial charge in [0.2, 0.25) is 0 Å². The van der Waals surface area contributed by atoms with Gasteiger partial charge in [0, 0.05) is 7.05 Å². The smallest absolute Gasteiger partial charge is 0.338 e. The average molecular weight is 501 g/mol. The highest BCUT2D eigenvalue weighted by molar-refractivity contribution is 8.18. The van der Waals surface area contributed by atoms with Crippen molar-refractivity contribution >= 4 is 52.2 Å². The van der Waals surface area contributed by atoms with E-state index in [-0.39, 0.29) is 11.9 Å². The highest BCUT2D eigenvalue weighted by atomic mass is 35.5. The first-order valence-corrected chi connectivity index (χ1v) is 11.8. The first kappa shape index (κ1) is 25.4. The highest BCUT2D eigenvalue weighted by Gasteiger charge is 2.30. The predicted octanol–water partition coefficient (Wildman–Crippen LogP) is 5.71. The van der Waals surface area contributed by atoms with E-state index in [9.17, 15) is 9.59 Å². The molecule has 178 valence electrons. The SMILES string of the molecule is C=CCOc1c(Cl)cc(C=C2SC(=Nc3ccc(C(=O)OCC)cc3)N(C)C2=O)cc1OCC. The Kier molecular flexibility index (Phi) is 8.79. The van der Waals surface area contributed by atoms with Crippen LogP contribution in [0.1, 0.15) is 29.8 Å². The van der Waals surface area contributed by atoms with E-state index >= 15 is 0 Å². The third-order valence-electron chi connectivity index (χ3n) is 4.58. The van der Waals surface area contributed by atoms with Crippen molar-refractivity contribution in [2.75, 3.05) is 26.9 Å². The zero-order valence-electron chi connectivity index (χ0n) is 19.2. The molecule has 0 atom stereocenters. The minimum atomic E-state index is -0.388. The van der Waals surface area contributed by atoms with Crippen molar-refractivity contribution in [3.63, 3.8) is 0 Å². The third-order valence-corrected chi connectivity index (χ3v) is 5.92. The largest absolute Gasteiger partial charge is 0.490 e. The van der Waals surface area contributed by atoms with E-state index in [1.54, 1.807) is 62.5 Å². The summed E-state index contributed by atoms with van der Waals surface area (Å²) in [6.45, 7) is 8.30. The molecule has 2 aromatic carbocycles. The van der Waals surface area contributed by atoms with Gasteiger partial charge in [0.15, 0.2) is 16.7 Å². The molecule has 2 aromatic rings. The molecule has 1 heterocycles. The Labute approximate surface area is 208 Å². The molecule has 3 rings (SSSR count). The minimum Gasteiger partial charge on any atom is -0.490 e. The molecule has 0 aliphatic carbocycles. The molecule has 0 spiro atoms. The van der Waals surface area contributed by atoms with Crippen LogP contribution in [0.15, 0.2) is 59.0 Å². The van der Waals surface area contributed by atoms with E-state index in [0.29, 0.717) is 63.2 Å². The average Bonchev–Trinajstić information content (AvgIpc) is 3.07. The molecule has 1 aliphatic heterocycles. The van der Waals surface area contributed by atoms with Gasteiger partial charge in [-0.1, -0.05) is 24.3 Å². The van der Waals surface area contributed by atoms with E-state index in [4.69, 9.17) is 25.8 Å². The summed E-state index contributed by atoms with van der Waals surface area (Å²) in [5.74, 6) is 0.345. The Hall–Kier alpha value is -3.23. The molecule has 0 N–H and O–H groups in total. The first-order chi connectivity index (χ1) is 16.4. The Morgan fingerprint density at radius 1 is 1.18 bits per heavy atom. The number of carbonyl (C=O) groups excluding carboxylic acids is 2. The van der Waals surface area contributed by atoms with Crippen LogP contribution < -0.4 is 9.47 Å². The fourth-order valence-corrected chi connectivity index (χ4v) is 4.28. The molecule has 0 bridgehead atoms. The summed E-state index contributed by atoms with van der Waals surface area (Å²) < 4.78 is 16.3. The number of ether oxygens (including phenoxy) is 3. The fourth-order valence-electron chi connectivity index (χ4n) is 3.02.